The molecule has 0 atom stereocenters. The topological polar surface area (TPSA) is 28.7 Å². The number of aromatic amines is 1. The summed E-state index contributed by atoms with van der Waals surface area (Å²) in [5, 5.41) is 6.86. The van der Waals surface area contributed by atoms with E-state index in [1.54, 1.807) is 6.20 Å². The fourth-order valence-electron chi connectivity index (χ4n) is 1.08. The lowest BCUT2D eigenvalue weighted by Crippen LogP contribution is -1.82. The van der Waals surface area contributed by atoms with Gasteiger partial charge in [0.15, 0.2) is 0 Å². The highest BCUT2D eigenvalue weighted by molar-refractivity contribution is 5.37. The van der Waals surface area contributed by atoms with E-state index in [9.17, 15) is 0 Å². The van der Waals surface area contributed by atoms with E-state index in [1.165, 1.54) is 12.8 Å². The minimum Gasteiger partial charge on any atom is -0.284 e. The molecule has 1 heterocycles. The average Bonchev–Trinajstić information content (AvgIpc) is 2.69. The molecule has 1 aliphatic rings. The zero-order valence-electron chi connectivity index (χ0n) is 5.59. The molecule has 1 fully saturated rings. The monoisotopic (exact) mass is 132 g/mol. The van der Waals surface area contributed by atoms with E-state index in [2.05, 4.69) is 16.1 Å². The molecule has 2 nitrogen and oxygen atoms in total. The predicted octanol–water partition coefficient (Wildman–Crippen LogP) is 1.27. The second kappa shape index (κ2) is 1.88. The predicted molar refractivity (Wildman–Crippen MR) is 38.5 cm³/mol. The molecule has 0 aromatic carbocycles. The number of hydrogen-bond acceptors (Lipinski definition) is 1. The SMILES string of the molecule is C#Cc1c[nH]nc1C1CC1. The van der Waals surface area contributed by atoms with Gasteiger partial charge in [-0.2, -0.15) is 5.10 Å². The normalized spacial score (nSPS) is 16.7. The Balaban J connectivity index is 2.40. The van der Waals surface area contributed by atoms with E-state index in [-0.39, 0.29) is 0 Å². The summed E-state index contributed by atoms with van der Waals surface area (Å²) in [7, 11) is 0. The van der Waals surface area contributed by atoms with Crippen LogP contribution >= 0.6 is 0 Å². The molecular formula is C8H8N2. The van der Waals surface area contributed by atoms with Crippen LogP contribution in [-0.4, -0.2) is 10.2 Å². The van der Waals surface area contributed by atoms with Crippen molar-refractivity contribution < 1.29 is 0 Å². The summed E-state index contributed by atoms with van der Waals surface area (Å²) in [6.07, 6.45) is 9.54. The van der Waals surface area contributed by atoms with E-state index in [4.69, 9.17) is 6.42 Å². The largest absolute Gasteiger partial charge is 0.284 e. The highest BCUT2D eigenvalue weighted by atomic mass is 15.1. The Bertz CT molecular complexity index is 276. The molecule has 1 aliphatic carbocycles. The lowest BCUT2D eigenvalue weighted by atomic mass is 10.2. The summed E-state index contributed by atoms with van der Waals surface area (Å²) >= 11 is 0. The Labute approximate surface area is 59.6 Å². The van der Waals surface area contributed by atoms with E-state index in [1.807, 2.05) is 0 Å². The first kappa shape index (κ1) is 5.55. The highest BCUT2D eigenvalue weighted by Gasteiger charge is 2.27. The number of rotatable bonds is 1. The molecule has 10 heavy (non-hydrogen) atoms. The van der Waals surface area contributed by atoms with Crippen molar-refractivity contribution in [3.8, 4) is 12.3 Å². The smallest absolute Gasteiger partial charge is 0.0809 e. The Morgan fingerprint density at radius 1 is 1.70 bits per heavy atom. The first-order valence-corrected chi connectivity index (χ1v) is 3.42. The van der Waals surface area contributed by atoms with E-state index < -0.39 is 0 Å². The molecule has 1 aromatic rings. The number of H-pyrrole nitrogens is 1. The van der Waals surface area contributed by atoms with Crippen molar-refractivity contribution in [2.45, 2.75) is 18.8 Å². The standard InChI is InChI=1S/C8H8N2/c1-2-6-5-9-10-8(6)7-3-4-7/h1,5,7H,3-4H2,(H,9,10). The molecule has 1 N–H and O–H groups in total. The average molecular weight is 132 g/mol. The number of aromatic nitrogens is 2. The van der Waals surface area contributed by atoms with Crippen LogP contribution in [0.1, 0.15) is 30.0 Å². The summed E-state index contributed by atoms with van der Waals surface area (Å²) in [5.41, 5.74) is 2.02. The van der Waals surface area contributed by atoms with Crippen molar-refractivity contribution >= 4 is 0 Å². The third-order valence-electron chi connectivity index (χ3n) is 1.79. The van der Waals surface area contributed by atoms with E-state index in [0.717, 1.165) is 11.3 Å². The fourth-order valence-corrected chi connectivity index (χ4v) is 1.08. The minimum absolute atomic E-state index is 0.650. The van der Waals surface area contributed by atoms with E-state index >= 15 is 0 Å². The second-order valence-electron chi connectivity index (χ2n) is 2.60. The van der Waals surface area contributed by atoms with Gasteiger partial charge < -0.3 is 0 Å². The molecule has 1 aromatic heterocycles. The Kier molecular flexibility index (Phi) is 1.04. The van der Waals surface area contributed by atoms with Gasteiger partial charge in [0.25, 0.3) is 0 Å². The molecule has 0 unspecified atom stereocenters. The van der Waals surface area contributed by atoms with Crippen LogP contribution < -0.4 is 0 Å². The third kappa shape index (κ3) is 0.714. The maximum atomic E-state index is 5.25. The first-order chi connectivity index (χ1) is 4.92. The van der Waals surface area contributed by atoms with Gasteiger partial charge in [-0.3, -0.25) is 5.10 Å². The molecule has 0 saturated heterocycles. The maximum Gasteiger partial charge on any atom is 0.0809 e. The minimum atomic E-state index is 0.650. The lowest BCUT2D eigenvalue weighted by molar-refractivity contribution is 0.963. The number of hydrogen-bond donors (Lipinski definition) is 1. The zero-order valence-corrected chi connectivity index (χ0v) is 5.59. The van der Waals surface area contributed by atoms with Gasteiger partial charge in [-0.15, -0.1) is 6.42 Å². The van der Waals surface area contributed by atoms with Crippen LogP contribution in [0.3, 0.4) is 0 Å². The summed E-state index contributed by atoms with van der Waals surface area (Å²) in [6, 6.07) is 0. The first-order valence-electron chi connectivity index (χ1n) is 3.42. The van der Waals surface area contributed by atoms with Crippen LogP contribution in [-0.2, 0) is 0 Å². The highest BCUT2D eigenvalue weighted by Crippen LogP contribution is 2.40. The Morgan fingerprint density at radius 3 is 3.10 bits per heavy atom. The van der Waals surface area contributed by atoms with Crippen LogP contribution in [0.2, 0.25) is 0 Å². The van der Waals surface area contributed by atoms with Crippen molar-refractivity contribution in [1.29, 1.82) is 0 Å². The van der Waals surface area contributed by atoms with Crippen molar-refractivity contribution in [3.63, 3.8) is 0 Å². The molecule has 0 aliphatic heterocycles. The molecule has 2 rings (SSSR count). The quantitative estimate of drug-likeness (QED) is 0.573. The van der Waals surface area contributed by atoms with Crippen molar-refractivity contribution in [2.75, 3.05) is 0 Å². The molecule has 0 radical (unpaired) electrons. The van der Waals surface area contributed by atoms with Gasteiger partial charge in [0, 0.05) is 12.1 Å². The molecule has 0 bridgehead atoms. The maximum absolute atomic E-state index is 5.25. The number of terminal acetylenes is 1. The Hall–Kier alpha value is -1.23. The van der Waals surface area contributed by atoms with Crippen LogP contribution in [0, 0.1) is 12.3 Å². The fraction of sp³-hybridized carbons (Fsp3) is 0.375. The van der Waals surface area contributed by atoms with Gasteiger partial charge in [0.1, 0.15) is 0 Å². The van der Waals surface area contributed by atoms with Gasteiger partial charge >= 0.3 is 0 Å². The number of nitrogens with zero attached hydrogens (tertiary/aromatic N) is 1. The van der Waals surface area contributed by atoms with E-state index in [0.29, 0.717) is 5.92 Å². The van der Waals surface area contributed by atoms with Crippen LogP contribution in [0.15, 0.2) is 6.20 Å². The summed E-state index contributed by atoms with van der Waals surface area (Å²) in [4.78, 5) is 0. The van der Waals surface area contributed by atoms with Crippen LogP contribution in [0.5, 0.6) is 0 Å². The van der Waals surface area contributed by atoms with Crippen molar-refractivity contribution in [2.24, 2.45) is 0 Å². The molecule has 0 spiro atoms. The van der Waals surface area contributed by atoms with Crippen LogP contribution in [0.4, 0.5) is 0 Å². The summed E-state index contributed by atoms with van der Waals surface area (Å²) in [5.74, 6) is 3.25. The summed E-state index contributed by atoms with van der Waals surface area (Å²) < 4.78 is 0. The third-order valence-corrected chi connectivity index (χ3v) is 1.79. The number of nitrogens with one attached hydrogen (secondary N) is 1. The van der Waals surface area contributed by atoms with Gasteiger partial charge in [-0.1, -0.05) is 5.92 Å². The van der Waals surface area contributed by atoms with Gasteiger partial charge in [-0.05, 0) is 12.8 Å². The molecule has 0 amide bonds. The molecule has 2 heteroatoms. The second-order valence-corrected chi connectivity index (χ2v) is 2.60. The molecular weight excluding hydrogens is 124 g/mol. The molecule has 50 valence electrons. The summed E-state index contributed by atoms with van der Waals surface area (Å²) in [6.45, 7) is 0. The van der Waals surface area contributed by atoms with Crippen LogP contribution in [0.25, 0.3) is 0 Å². The Morgan fingerprint density at radius 2 is 2.50 bits per heavy atom. The van der Waals surface area contributed by atoms with Gasteiger partial charge in [-0.25, -0.2) is 0 Å². The van der Waals surface area contributed by atoms with Gasteiger partial charge in [0.2, 0.25) is 0 Å². The van der Waals surface area contributed by atoms with Crippen molar-refractivity contribution in [3.05, 3.63) is 17.5 Å². The zero-order chi connectivity index (χ0) is 6.97. The lowest BCUT2D eigenvalue weighted by Gasteiger charge is -1.87. The van der Waals surface area contributed by atoms with Crippen molar-refractivity contribution in [1.82, 2.24) is 10.2 Å². The molecule has 1 saturated carbocycles. The van der Waals surface area contributed by atoms with Gasteiger partial charge in [0.05, 0.1) is 11.3 Å².